The number of amides is 1. The maximum absolute atomic E-state index is 12.6. The fraction of sp³-hybridized carbons (Fsp3) is 0.158. The van der Waals surface area contributed by atoms with Gasteiger partial charge in [-0.2, -0.15) is 0 Å². The van der Waals surface area contributed by atoms with Gasteiger partial charge in [-0.3, -0.25) is 4.79 Å². The zero-order chi connectivity index (χ0) is 19.0. The summed E-state index contributed by atoms with van der Waals surface area (Å²) in [4.78, 5) is 27.2. The van der Waals surface area contributed by atoms with Crippen LogP contribution in [0.3, 0.4) is 0 Å². The number of carboxylic acid groups (broad SMARTS) is 1. The molecule has 138 valence electrons. The van der Waals surface area contributed by atoms with Crippen molar-refractivity contribution in [2.75, 3.05) is 23.8 Å². The summed E-state index contributed by atoms with van der Waals surface area (Å²) >= 11 is 5.98. The van der Waals surface area contributed by atoms with Gasteiger partial charge in [-0.15, -0.1) is 0 Å². The van der Waals surface area contributed by atoms with Gasteiger partial charge in [0.1, 0.15) is 11.3 Å². The Kier molecular flexibility index (Phi) is 4.37. The Bertz CT molecular complexity index is 1060. The maximum Gasteiger partial charge on any atom is 0.339 e. The second kappa shape index (κ2) is 6.85. The number of carbonyl (C=O) groups is 2. The highest BCUT2D eigenvalue weighted by Gasteiger charge is 2.21. The van der Waals surface area contributed by atoms with E-state index >= 15 is 0 Å². The van der Waals surface area contributed by atoms with Gasteiger partial charge in [0.2, 0.25) is 0 Å². The lowest BCUT2D eigenvalue weighted by atomic mass is 10.1. The number of aromatic nitrogens is 1. The van der Waals surface area contributed by atoms with E-state index in [-0.39, 0.29) is 11.5 Å². The molecule has 1 aromatic heterocycles. The van der Waals surface area contributed by atoms with Gasteiger partial charge in [-0.05, 0) is 42.8 Å². The number of carbonyl (C=O) groups excluding carboxylic acids is 1. The minimum atomic E-state index is -1.12. The summed E-state index contributed by atoms with van der Waals surface area (Å²) in [6.45, 7) is 1.09. The smallest absolute Gasteiger partial charge is 0.339 e. The summed E-state index contributed by atoms with van der Waals surface area (Å²) in [6, 6.07) is 10.0. The van der Waals surface area contributed by atoms with Crippen LogP contribution in [0.15, 0.2) is 36.4 Å². The van der Waals surface area contributed by atoms with E-state index < -0.39 is 5.97 Å². The molecule has 0 bridgehead atoms. The molecule has 0 saturated carbocycles. The first-order valence-electron chi connectivity index (χ1n) is 8.39. The van der Waals surface area contributed by atoms with E-state index in [2.05, 4.69) is 15.6 Å². The van der Waals surface area contributed by atoms with E-state index in [1.54, 1.807) is 30.3 Å². The van der Waals surface area contributed by atoms with Crippen molar-refractivity contribution in [2.24, 2.45) is 0 Å². The van der Waals surface area contributed by atoms with Crippen LogP contribution in [0.1, 0.15) is 27.3 Å². The number of halogens is 1. The van der Waals surface area contributed by atoms with E-state index in [9.17, 15) is 14.7 Å². The Morgan fingerprint density at radius 2 is 2.04 bits per heavy atom. The second-order valence-corrected chi connectivity index (χ2v) is 6.64. The molecule has 0 radical (unpaired) electrons. The average molecular weight is 386 g/mol. The molecular formula is C19H16ClN3O4. The summed E-state index contributed by atoms with van der Waals surface area (Å²) in [7, 11) is 0. The molecule has 3 aromatic rings. The minimum absolute atomic E-state index is 0.000582. The summed E-state index contributed by atoms with van der Waals surface area (Å²) in [5.74, 6) is -1.21. The van der Waals surface area contributed by atoms with Crippen molar-refractivity contribution in [2.45, 2.75) is 6.42 Å². The maximum atomic E-state index is 12.6. The van der Waals surface area contributed by atoms with Gasteiger partial charge >= 0.3 is 5.97 Å². The second-order valence-electron chi connectivity index (χ2n) is 6.20. The number of fused-ring (bicyclic) bond motifs is 2. The number of anilines is 2. The minimum Gasteiger partial charge on any atom is -0.490 e. The molecule has 7 nitrogen and oxygen atoms in total. The van der Waals surface area contributed by atoms with E-state index in [0.29, 0.717) is 41.0 Å². The first kappa shape index (κ1) is 17.2. The van der Waals surface area contributed by atoms with Crippen molar-refractivity contribution in [1.82, 2.24) is 4.98 Å². The van der Waals surface area contributed by atoms with Crippen molar-refractivity contribution >= 4 is 45.8 Å². The Labute approximate surface area is 159 Å². The van der Waals surface area contributed by atoms with E-state index in [4.69, 9.17) is 16.3 Å². The molecular weight excluding hydrogens is 370 g/mol. The molecule has 2 aromatic carbocycles. The summed E-state index contributed by atoms with van der Waals surface area (Å²) in [6.07, 6.45) is 0.757. The lowest BCUT2D eigenvalue weighted by Gasteiger charge is -2.14. The largest absolute Gasteiger partial charge is 0.490 e. The van der Waals surface area contributed by atoms with Crippen molar-refractivity contribution in [1.29, 1.82) is 0 Å². The number of benzene rings is 2. The van der Waals surface area contributed by atoms with Crippen molar-refractivity contribution in [3.8, 4) is 5.75 Å². The Balaban J connectivity index is 1.66. The van der Waals surface area contributed by atoms with Crippen LogP contribution >= 0.6 is 11.6 Å². The number of H-pyrrole nitrogens is 1. The molecule has 27 heavy (non-hydrogen) atoms. The quantitative estimate of drug-likeness (QED) is 0.546. The van der Waals surface area contributed by atoms with Crippen LogP contribution in [0.2, 0.25) is 5.02 Å². The van der Waals surface area contributed by atoms with E-state index in [1.807, 2.05) is 0 Å². The Morgan fingerprint density at radius 1 is 1.19 bits per heavy atom. The topological polar surface area (TPSA) is 103 Å². The van der Waals surface area contributed by atoms with Crippen LogP contribution in [-0.4, -0.2) is 35.1 Å². The summed E-state index contributed by atoms with van der Waals surface area (Å²) < 4.78 is 5.56. The van der Waals surface area contributed by atoms with Crippen LogP contribution in [0, 0.1) is 0 Å². The molecule has 1 aliphatic heterocycles. The number of aromatic carboxylic acids is 1. The molecule has 4 rings (SSSR count). The molecule has 0 fully saturated rings. The molecule has 0 unspecified atom stereocenters. The zero-order valence-corrected chi connectivity index (χ0v) is 14.9. The average Bonchev–Trinajstić information content (AvgIpc) is 2.91. The highest BCUT2D eigenvalue weighted by molar-refractivity contribution is 6.31. The van der Waals surface area contributed by atoms with Crippen LogP contribution < -0.4 is 15.4 Å². The van der Waals surface area contributed by atoms with Crippen molar-refractivity contribution in [3.63, 3.8) is 0 Å². The lowest BCUT2D eigenvalue weighted by molar-refractivity contribution is 0.0692. The number of hydrogen-bond acceptors (Lipinski definition) is 4. The fourth-order valence-corrected chi connectivity index (χ4v) is 3.22. The predicted octanol–water partition coefficient (Wildman–Crippen LogP) is 3.97. The number of carboxylic acids is 1. The molecule has 1 amide bonds. The van der Waals surface area contributed by atoms with Gasteiger partial charge in [0.25, 0.3) is 5.91 Å². The Morgan fingerprint density at radius 3 is 2.85 bits per heavy atom. The van der Waals surface area contributed by atoms with Gasteiger partial charge in [0.05, 0.1) is 12.3 Å². The van der Waals surface area contributed by atoms with Crippen LogP contribution in [0.4, 0.5) is 11.4 Å². The van der Waals surface area contributed by atoms with Gasteiger partial charge < -0.3 is 25.5 Å². The first-order chi connectivity index (χ1) is 13.0. The summed E-state index contributed by atoms with van der Waals surface area (Å²) in [5, 5.41) is 16.8. The predicted molar refractivity (Wildman–Crippen MR) is 103 cm³/mol. The van der Waals surface area contributed by atoms with E-state index in [1.165, 1.54) is 6.07 Å². The molecule has 1 aliphatic rings. The highest BCUT2D eigenvalue weighted by Crippen LogP contribution is 2.34. The first-order valence-corrected chi connectivity index (χ1v) is 8.77. The van der Waals surface area contributed by atoms with Gasteiger partial charge in [0, 0.05) is 28.2 Å². The molecule has 0 spiro atoms. The van der Waals surface area contributed by atoms with Crippen molar-refractivity contribution in [3.05, 3.63) is 52.7 Å². The third-order valence-electron chi connectivity index (χ3n) is 4.29. The van der Waals surface area contributed by atoms with E-state index in [0.717, 1.165) is 17.3 Å². The number of aromatic amines is 1. The fourth-order valence-electron chi connectivity index (χ4n) is 3.04. The van der Waals surface area contributed by atoms with Crippen LogP contribution in [-0.2, 0) is 0 Å². The normalized spacial score (nSPS) is 13.2. The monoisotopic (exact) mass is 385 g/mol. The molecule has 0 aliphatic carbocycles. The third-order valence-corrected chi connectivity index (χ3v) is 4.52. The standard InChI is InChI=1S/C19H16ClN3O4/c20-11-2-3-14-10(6-11)7-16(23-14)18(24)22-12-8-13(19(25)26)17-15(9-12)21-4-1-5-27-17/h2-3,6-9,21,23H,1,4-5H2,(H,22,24)(H,25,26). The van der Waals surface area contributed by atoms with Gasteiger partial charge in [0.15, 0.2) is 5.75 Å². The summed E-state index contributed by atoms with van der Waals surface area (Å²) in [5.41, 5.74) is 2.05. The molecule has 2 heterocycles. The Hall–Kier alpha value is -3.19. The van der Waals surface area contributed by atoms with Crippen LogP contribution in [0.25, 0.3) is 10.9 Å². The number of nitrogens with one attached hydrogen (secondary N) is 3. The zero-order valence-electron chi connectivity index (χ0n) is 14.1. The van der Waals surface area contributed by atoms with Gasteiger partial charge in [-0.1, -0.05) is 11.6 Å². The molecule has 8 heteroatoms. The SMILES string of the molecule is O=C(Nc1cc2c(c(C(=O)O)c1)OCCCN2)c1cc2cc(Cl)ccc2[nH]1. The molecule has 4 N–H and O–H groups in total. The highest BCUT2D eigenvalue weighted by atomic mass is 35.5. The number of hydrogen-bond donors (Lipinski definition) is 4. The number of ether oxygens (including phenoxy) is 1. The van der Waals surface area contributed by atoms with Crippen LogP contribution in [0.5, 0.6) is 5.75 Å². The molecule has 0 atom stereocenters. The lowest BCUT2D eigenvalue weighted by Crippen LogP contribution is -2.14. The third kappa shape index (κ3) is 3.41. The van der Waals surface area contributed by atoms with Crippen molar-refractivity contribution < 1.29 is 19.4 Å². The molecule has 0 saturated heterocycles. The number of rotatable bonds is 3. The van der Waals surface area contributed by atoms with Gasteiger partial charge in [-0.25, -0.2) is 4.79 Å².